The Labute approximate surface area is 169 Å². The van der Waals surface area contributed by atoms with Crippen LogP contribution in [0.3, 0.4) is 0 Å². The standard InChI is InChI=1S/C22H23N3O4/c1-27-12-11-25-21(15-9-10-16(28-2)17(13-15)29-3)18-19(14-7-5-4-6-8-14)23-24-20(18)22(25)26/h4-10,13,21H,11-12H2,1-3H3,(H,23,24). The molecule has 2 aromatic carbocycles. The largest absolute Gasteiger partial charge is 0.493 e. The highest BCUT2D eigenvalue weighted by atomic mass is 16.5. The van der Waals surface area contributed by atoms with E-state index in [1.54, 1.807) is 26.2 Å². The van der Waals surface area contributed by atoms with Crippen molar-refractivity contribution in [1.29, 1.82) is 0 Å². The molecule has 1 atom stereocenters. The molecule has 1 aromatic heterocycles. The summed E-state index contributed by atoms with van der Waals surface area (Å²) in [5.41, 5.74) is 4.03. The third kappa shape index (κ3) is 3.23. The second kappa shape index (κ2) is 7.97. The first-order valence-corrected chi connectivity index (χ1v) is 9.35. The number of aromatic nitrogens is 2. The number of fused-ring (bicyclic) bond motifs is 1. The maximum absolute atomic E-state index is 13.2. The summed E-state index contributed by atoms with van der Waals surface area (Å²) in [6.45, 7) is 0.902. The van der Waals surface area contributed by atoms with Gasteiger partial charge in [0.15, 0.2) is 11.5 Å². The minimum absolute atomic E-state index is 0.0912. The molecule has 29 heavy (non-hydrogen) atoms. The Kier molecular flexibility index (Phi) is 5.22. The van der Waals surface area contributed by atoms with Crippen LogP contribution in [0.5, 0.6) is 11.5 Å². The molecule has 0 aliphatic carbocycles. The fourth-order valence-corrected chi connectivity index (χ4v) is 3.80. The van der Waals surface area contributed by atoms with Crippen molar-refractivity contribution >= 4 is 5.91 Å². The van der Waals surface area contributed by atoms with Crippen molar-refractivity contribution in [3.8, 4) is 22.8 Å². The van der Waals surface area contributed by atoms with Crippen molar-refractivity contribution in [1.82, 2.24) is 15.1 Å². The molecule has 1 unspecified atom stereocenters. The number of aromatic amines is 1. The Morgan fingerprint density at radius 1 is 1.03 bits per heavy atom. The average molecular weight is 393 g/mol. The molecule has 0 radical (unpaired) electrons. The molecular weight excluding hydrogens is 370 g/mol. The van der Waals surface area contributed by atoms with Crippen LogP contribution in [0.25, 0.3) is 11.3 Å². The quantitative estimate of drug-likeness (QED) is 0.667. The summed E-state index contributed by atoms with van der Waals surface area (Å²) < 4.78 is 16.1. The number of amides is 1. The maximum Gasteiger partial charge on any atom is 0.273 e. The zero-order valence-electron chi connectivity index (χ0n) is 16.6. The SMILES string of the molecule is COCCN1C(=O)c2[nH]nc(-c3ccccc3)c2C1c1ccc(OC)c(OC)c1. The van der Waals surface area contributed by atoms with Gasteiger partial charge in [0, 0.05) is 24.8 Å². The fraction of sp³-hybridized carbons (Fsp3) is 0.273. The van der Waals surface area contributed by atoms with Crippen LogP contribution in [0.1, 0.15) is 27.7 Å². The average Bonchev–Trinajstić information content (AvgIpc) is 3.31. The number of hydrogen-bond donors (Lipinski definition) is 1. The first-order chi connectivity index (χ1) is 14.2. The number of carbonyl (C=O) groups is 1. The molecule has 0 spiro atoms. The normalized spacial score (nSPS) is 15.5. The lowest BCUT2D eigenvalue weighted by Gasteiger charge is -2.26. The van der Waals surface area contributed by atoms with E-state index in [1.165, 1.54) is 0 Å². The van der Waals surface area contributed by atoms with Crippen LogP contribution >= 0.6 is 0 Å². The van der Waals surface area contributed by atoms with E-state index in [1.807, 2.05) is 48.5 Å². The van der Waals surface area contributed by atoms with Gasteiger partial charge >= 0.3 is 0 Å². The number of rotatable bonds is 7. The van der Waals surface area contributed by atoms with Crippen molar-refractivity contribution in [2.75, 3.05) is 34.5 Å². The van der Waals surface area contributed by atoms with Gasteiger partial charge in [0.1, 0.15) is 5.69 Å². The second-order valence-electron chi connectivity index (χ2n) is 6.74. The number of carbonyl (C=O) groups excluding carboxylic acids is 1. The molecule has 1 amide bonds. The molecule has 0 saturated heterocycles. The van der Waals surface area contributed by atoms with Crippen molar-refractivity contribution in [2.24, 2.45) is 0 Å². The molecule has 4 rings (SSSR count). The van der Waals surface area contributed by atoms with E-state index in [0.717, 1.165) is 22.4 Å². The van der Waals surface area contributed by atoms with E-state index in [2.05, 4.69) is 10.2 Å². The number of nitrogens with one attached hydrogen (secondary N) is 1. The molecule has 1 aliphatic rings. The molecule has 0 fully saturated rings. The first-order valence-electron chi connectivity index (χ1n) is 9.35. The van der Waals surface area contributed by atoms with Gasteiger partial charge in [0.2, 0.25) is 0 Å². The molecule has 1 N–H and O–H groups in total. The molecule has 7 nitrogen and oxygen atoms in total. The van der Waals surface area contributed by atoms with Gasteiger partial charge in [-0.2, -0.15) is 5.10 Å². The monoisotopic (exact) mass is 393 g/mol. The molecular formula is C22H23N3O4. The number of methoxy groups -OCH3 is 3. The van der Waals surface area contributed by atoms with Crippen molar-refractivity contribution in [3.05, 3.63) is 65.4 Å². The summed E-state index contributed by atoms with van der Waals surface area (Å²) >= 11 is 0. The molecule has 7 heteroatoms. The van der Waals surface area contributed by atoms with Gasteiger partial charge in [0.25, 0.3) is 5.91 Å². The molecule has 150 valence electrons. The Morgan fingerprint density at radius 3 is 2.48 bits per heavy atom. The number of H-pyrrole nitrogens is 1. The van der Waals surface area contributed by atoms with Crippen molar-refractivity contribution in [3.63, 3.8) is 0 Å². The number of nitrogens with zero attached hydrogens (tertiary/aromatic N) is 2. The van der Waals surface area contributed by atoms with Gasteiger partial charge in [-0.3, -0.25) is 9.89 Å². The minimum atomic E-state index is -0.304. The Hall–Kier alpha value is -3.32. The van der Waals surface area contributed by atoms with Gasteiger partial charge in [-0.05, 0) is 17.7 Å². The third-order valence-corrected chi connectivity index (χ3v) is 5.17. The zero-order chi connectivity index (χ0) is 20.4. The Morgan fingerprint density at radius 2 is 1.79 bits per heavy atom. The van der Waals surface area contributed by atoms with Gasteiger partial charge < -0.3 is 19.1 Å². The fourth-order valence-electron chi connectivity index (χ4n) is 3.80. The van der Waals surface area contributed by atoms with Crippen LogP contribution < -0.4 is 9.47 Å². The van der Waals surface area contributed by atoms with E-state index in [4.69, 9.17) is 14.2 Å². The lowest BCUT2D eigenvalue weighted by Crippen LogP contribution is -2.32. The van der Waals surface area contributed by atoms with Gasteiger partial charge in [-0.1, -0.05) is 36.4 Å². The predicted octanol–water partition coefficient (Wildman–Crippen LogP) is 3.29. The minimum Gasteiger partial charge on any atom is -0.493 e. The summed E-state index contributed by atoms with van der Waals surface area (Å²) in [4.78, 5) is 15.0. The predicted molar refractivity (Wildman–Crippen MR) is 108 cm³/mol. The smallest absolute Gasteiger partial charge is 0.273 e. The van der Waals surface area contributed by atoms with Crippen LogP contribution in [-0.4, -0.2) is 55.5 Å². The van der Waals surface area contributed by atoms with Gasteiger partial charge in [-0.25, -0.2) is 0 Å². The van der Waals surface area contributed by atoms with E-state index in [9.17, 15) is 4.79 Å². The topological polar surface area (TPSA) is 76.7 Å². The van der Waals surface area contributed by atoms with Gasteiger partial charge in [-0.15, -0.1) is 0 Å². The van der Waals surface area contributed by atoms with Gasteiger partial charge in [0.05, 0.1) is 32.6 Å². The first kappa shape index (κ1) is 19.0. The Balaban J connectivity index is 1.87. The Bertz CT molecular complexity index is 1020. The van der Waals surface area contributed by atoms with Crippen LogP contribution in [0, 0.1) is 0 Å². The highest BCUT2D eigenvalue weighted by Crippen LogP contribution is 2.44. The zero-order valence-corrected chi connectivity index (χ0v) is 16.6. The molecule has 3 aromatic rings. The summed E-state index contributed by atoms with van der Waals surface area (Å²) in [7, 11) is 4.83. The van der Waals surface area contributed by atoms with E-state index < -0.39 is 0 Å². The van der Waals surface area contributed by atoms with Crippen LogP contribution in [0.4, 0.5) is 0 Å². The second-order valence-corrected chi connectivity index (χ2v) is 6.74. The summed E-state index contributed by atoms with van der Waals surface area (Å²) in [6.07, 6.45) is 0. The lowest BCUT2D eigenvalue weighted by atomic mass is 9.96. The maximum atomic E-state index is 13.2. The summed E-state index contributed by atoms with van der Waals surface area (Å²) in [6, 6.07) is 15.3. The van der Waals surface area contributed by atoms with E-state index in [-0.39, 0.29) is 11.9 Å². The summed E-state index contributed by atoms with van der Waals surface area (Å²) in [5.74, 6) is 1.16. The molecule has 2 heterocycles. The number of ether oxygens (including phenoxy) is 3. The van der Waals surface area contributed by atoms with Crippen LogP contribution in [0.2, 0.25) is 0 Å². The van der Waals surface area contributed by atoms with Crippen molar-refractivity contribution in [2.45, 2.75) is 6.04 Å². The lowest BCUT2D eigenvalue weighted by molar-refractivity contribution is 0.0677. The molecule has 0 bridgehead atoms. The highest BCUT2D eigenvalue weighted by molar-refractivity contribution is 6.00. The highest BCUT2D eigenvalue weighted by Gasteiger charge is 2.42. The van der Waals surface area contributed by atoms with Crippen LogP contribution in [-0.2, 0) is 4.74 Å². The van der Waals surface area contributed by atoms with Crippen molar-refractivity contribution < 1.29 is 19.0 Å². The number of hydrogen-bond acceptors (Lipinski definition) is 5. The molecule has 1 aliphatic heterocycles. The van der Waals surface area contributed by atoms with Crippen LogP contribution in [0.15, 0.2) is 48.5 Å². The molecule has 0 saturated carbocycles. The summed E-state index contributed by atoms with van der Waals surface area (Å²) in [5, 5.41) is 7.42. The van der Waals surface area contributed by atoms with E-state index >= 15 is 0 Å². The van der Waals surface area contributed by atoms with E-state index in [0.29, 0.717) is 30.3 Å². The number of benzene rings is 2. The third-order valence-electron chi connectivity index (χ3n) is 5.17.